The minimum absolute atomic E-state index is 0.133. The first-order valence-electron chi connectivity index (χ1n) is 8.00. The maximum absolute atomic E-state index is 12.8. The summed E-state index contributed by atoms with van der Waals surface area (Å²) < 4.78 is 4.67. The Morgan fingerprint density at radius 2 is 1.71 bits per heavy atom. The van der Waals surface area contributed by atoms with E-state index >= 15 is 0 Å². The number of nitrogens with one attached hydrogen (secondary N) is 1. The average Bonchev–Trinajstić information content (AvgIpc) is 3.03. The van der Waals surface area contributed by atoms with E-state index in [4.69, 9.17) is 23.9 Å². The third-order valence-electron chi connectivity index (χ3n) is 3.91. The molecule has 0 saturated heterocycles. The highest BCUT2D eigenvalue weighted by atomic mass is 35.5. The van der Waals surface area contributed by atoms with E-state index in [1.807, 2.05) is 0 Å². The van der Waals surface area contributed by atoms with Gasteiger partial charge in [-0.1, -0.05) is 11.6 Å². The summed E-state index contributed by atoms with van der Waals surface area (Å²) in [6, 6.07) is 13.0. The Morgan fingerprint density at radius 1 is 1.11 bits per heavy atom. The van der Waals surface area contributed by atoms with Crippen LogP contribution in [0.3, 0.4) is 0 Å². The molecule has 0 saturated carbocycles. The van der Waals surface area contributed by atoms with Crippen molar-refractivity contribution in [3.8, 4) is 0 Å². The lowest BCUT2D eigenvalue weighted by Gasteiger charge is -2.05. The molecule has 3 N–H and O–H groups in total. The first-order valence-corrected chi connectivity index (χ1v) is 9.19. The normalized spacial score (nSPS) is 10.2. The van der Waals surface area contributed by atoms with Gasteiger partial charge in [-0.15, -0.1) is 11.3 Å². The number of thiophene rings is 1. The number of nitrogen functional groups attached to an aromatic ring is 1. The number of methoxy groups -OCH3 is 1. The fraction of sp³-hybridized carbons (Fsp3) is 0.0500. The SMILES string of the molecule is [C-]#[N+]c1c(Nc2ccc(C(=O)OC)cc2)sc(C(=O)c2ccc(Cl)cc2)c1N. The third kappa shape index (κ3) is 3.83. The highest BCUT2D eigenvalue weighted by molar-refractivity contribution is 7.19. The van der Waals surface area contributed by atoms with Crippen LogP contribution >= 0.6 is 22.9 Å². The van der Waals surface area contributed by atoms with Crippen LogP contribution in [0.15, 0.2) is 48.5 Å². The average molecular weight is 412 g/mol. The van der Waals surface area contributed by atoms with Gasteiger partial charge in [0.2, 0.25) is 11.5 Å². The molecule has 2 aromatic carbocycles. The van der Waals surface area contributed by atoms with Gasteiger partial charge in [0.1, 0.15) is 5.00 Å². The number of nitrogens with two attached hydrogens (primary N) is 1. The monoisotopic (exact) mass is 411 g/mol. The van der Waals surface area contributed by atoms with Crippen molar-refractivity contribution < 1.29 is 14.3 Å². The molecule has 28 heavy (non-hydrogen) atoms. The lowest BCUT2D eigenvalue weighted by atomic mass is 10.1. The fourth-order valence-electron chi connectivity index (χ4n) is 2.47. The van der Waals surface area contributed by atoms with Crippen LogP contribution in [-0.4, -0.2) is 18.9 Å². The molecule has 6 nitrogen and oxygen atoms in total. The number of carbonyl (C=O) groups is 2. The van der Waals surface area contributed by atoms with Gasteiger partial charge in [0, 0.05) is 16.3 Å². The number of halogens is 1. The summed E-state index contributed by atoms with van der Waals surface area (Å²) in [6.45, 7) is 7.42. The molecule has 0 unspecified atom stereocenters. The second-order valence-electron chi connectivity index (χ2n) is 5.66. The number of rotatable bonds is 5. The van der Waals surface area contributed by atoms with E-state index in [-0.39, 0.29) is 22.0 Å². The summed E-state index contributed by atoms with van der Waals surface area (Å²) in [5.74, 6) is -0.720. The summed E-state index contributed by atoms with van der Waals surface area (Å²) in [7, 11) is 1.31. The van der Waals surface area contributed by atoms with Crippen molar-refractivity contribution in [1.82, 2.24) is 0 Å². The van der Waals surface area contributed by atoms with E-state index in [9.17, 15) is 9.59 Å². The van der Waals surface area contributed by atoms with E-state index in [0.717, 1.165) is 11.3 Å². The summed E-state index contributed by atoms with van der Waals surface area (Å²) in [5, 5.41) is 4.06. The number of esters is 1. The van der Waals surface area contributed by atoms with Crippen molar-refractivity contribution in [3.63, 3.8) is 0 Å². The van der Waals surface area contributed by atoms with Crippen LogP contribution in [0.4, 0.5) is 22.1 Å². The molecule has 1 heterocycles. The van der Waals surface area contributed by atoms with Gasteiger partial charge < -0.3 is 15.8 Å². The van der Waals surface area contributed by atoms with Crippen molar-refractivity contribution in [2.75, 3.05) is 18.2 Å². The van der Waals surface area contributed by atoms with Crippen molar-refractivity contribution in [2.24, 2.45) is 0 Å². The lowest BCUT2D eigenvalue weighted by molar-refractivity contribution is 0.0600. The van der Waals surface area contributed by atoms with Crippen LogP contribution in [0, 0.1) is 6.57 Å². The van der Waals surface area contributed by atoms with Gasteiger partial charge in [-0.3, -0.25) is 4.79 Å². The van der Waals surface area contributed by atoms with Crippen LogP contribution in [0.25, 0.3) is 4.85 Å². The van der Waals surface area contributed by atoms with Gasteiger partial charge in [0.15, 0.2) is 0 Å². The number of anilines is 3. The first-order chi connectivity index (χ1) is 13.4. The maximum atomic E-state index is 12.8. The van der Waals surface area contributed by atoms with Crippen LogP contribution in [-0.2, 0) is 4.74 Å². The van der Waals surface area contributed by atoms with Gasteiger partial charge in [-0.05, 0) is 48.5 Å². The Bertz CT molecular complexity index is 1080. The minimum Gasteiger partial charge on any atom is -0.465 e. The summed E-state index contributed by atoms with van der Waals surface area (Å²) in [5.41, 5.74) is 7.86. The number of benzene rings is 2. The molecule has 140 valence electrons. The van der Waals surface area contributed by atoms with Gasteiger partial charge in [0.05, 0.1) is 29.8 Å². The Labute approximate surface area is 170 Å². The molecule has 8 heteroatoms. The Hall–Kier alpha value is -3.34. The molecule has 0 amide bonds. The molecule has 0 spiro atoms. The smallest absolute Gasteiger partial charge is 0.337 e. The van der Waals surface area contributed by atoms with Crippen molar-refractivity contribution in [3.05, 3.63) is 81.0 Å². The number of ketones is 1. The number of carbonyl (C=O) groups excluding carboxylic acids is 2. The van der Waals surface area contributed by atoms with Gasteiger partial charge in [0.25, 0.3) is 0 Å². The number of ether oxygens (including phenoxy) is 1. The van der Waals surface area contributed by atoms with E-state index in [1.165, 1.54) is 7.11 Å². The van der Waals surface area contributed by atoms with E-state index in [1.54, 1.807) is 48.5 Å². The number of hydrogen-bond donors (Lipinski definition) is 2. The predicted molar refractivity (Wildman–Crippen MR) is 111 cm³/mol. The van der Waals surface area contributed by atoms with E-state index < -0.39 is 5.97 Å². The molecule has 0 atom stereocenters. The van der Waals surface area contributed by atoms with Crippen molar-refractivity contribution in [2.45, 2.75) is 0 Å². The second-order valence-corrected chi connectivity index (χ2v) is 7.12. The summed E-state index contributed by atoms with van der Waals surface area (Å²) >= 11 is 6.97. The van der Waals surface area contributed by atoms with Gasteiger partial charge >= 0.3 is 5.97 Å². The molecular weight excluding hydrogens is 398 g/mol. The first kappa shape index (κ1) is 19.4. The highest BCUT2D eigenvalue weighted by Crippen LogP contribution is 2.45. The Morgan fingerprint density at radius 3 is 2.29 bits per heavy atom. The van der Waals surface area contributed by atoms with Crippen LogP contribution in [0.1, 0.15) is 25.6 Å². The lowest BCUT2D eigenvalue weighted by Crippen LogP contribution is -2.01. The second kappa shape index (κ2) is 8.13. The molecule has 1 aromatic heterocycles. The molecule has 0 aliphatic rings. The third-order valence-corrected chi connectivity index (χ3v) is 5.27. The summed E-state index contributed by atoms with van der Waals surface area (Å²) in [4.78, 5) is 28.0. The minimum atomic E-state index is -0.440. The molecule has 0 aliphatic carbocycles. The van der Waals surface area contributed by atoms with E-state index in [0.29, 0.717) is 26.8 Å². The number of nitrogens with zero attached hydrogens (tertiary/aromatic N) is 1. The quantitative estimate of drug-likeness (QED) is 0.338. The largest absolute Gasteiger partial charge is 0.465 e. The molecule has 0 bridgehead atoms. The van der Waals surface area contributed by atoms with Crippen LogP contribution in [0.2, 0.25) is 5.02 Å². The van der Waals surface area contributed by atoms with Gasteiger partial charge in [-0.25, -0.2) is 9.64 Å². The van der Waals surface area contributed by atoms with Crippen molar-refractivity contribution >= 4 is 56.8 Å². The standard InChI is InChI=1S/C20H14ClN3O3S/c1-23-16-15(22)18(17(25)11-3-7-13(21)8-4-11)28-19(16)24-14-9-5-12(6-10-14)20(26)27-2/h3-10,24H,22H2,2H3. The molecule has 0 fully saturated rings. The zero-order valence-corrected chi connectivity index (χ0v) is 16.2. The zero-order valence-electron chi connectivity index (χ0n) is 14.7. The molecule has 0 aliphatic heterocycles. The van der Waals surface area contributed by atoms with Crippen LogP contribution in [0.5, 0.6) is 0 Å². The maximum Gasteiger partial charge on any atom is 0.337 e. The van der Waals surface area contributed by atoms with E-state index in [2.05, 4.69) is 14.9 Å². The molecule has 3 aromatic rings. The molecule has 0 radical (unpaired) electrons. The fourth-order valence-corrected chi connectivity index (χ4v) is 3.64. The van der Waals surface area contributed by atoms with Crippen LogP contribution < -0.4 is 11.1 Å². The van der Waals surface area contributed by atoms with Crippen molar-refractivity contribution in [1.29, 1.82) is 0 Å². The number of hydrogen-bond acceptors (Lipinski definition) is 6. The zero-order chi connectivity index (χ0) is 20.3. The predicted octanol–water partition coefficient (Wildman–Crippen LogP) is 5.30. The Kier molecular flexibility index (Phi) is 5.64. The topological polar surface area (TPSA) is 85.8 Å². The highest BCUT2D eigenvalue weighted by Gasteiger charge is 2.22. The summed E-state index contributed by atoms with van der Waals surface area (Å²) in [6.07, 6.45) is 0. The van der Waals surface area contributed by atoms with Gasteiger partial charge in [-0.2, -0.15) is 0 Å². The molecular formula is C20H14ClN3O3S. The Balaban J connectivity index is 1.91. The molecule has 3 rings (SSSR count).